The summed E-state index contributed by atoms with van der Waals surface area (Å²) in [6.07, 6.45) is -7.52. The van der Waals surface area contributed by atoms with Crippen LogP contribution in [0.4, 0.5) is 24.2 Å². The summed E-state index contributed by atoms with van der Waals surface area (Å²) in [4.78, 5) is 39.3. The van der Waals surface area contributed by atoms with Crippen LogP contribution in [0.3, 0.4) is 0 Å². The molecule has 1 aromatic rings. The molecule has 1 saturated heterocycles. The van der Waals surface area contributed by atoms with Crippen LogP contribution >= 0.6 is 0 Å². The zero-order chi connectivity index (χ0) is 24.1. The maximum atomic E-state index is 15.0. The van der Waals surface area contributed by atoms with Gasteiger partial charge >= 0.3 is 23.9 Å². The quantitative estimate of drug-likeness (QED) is 0.446. The highest BCUT2D eigenvalue weighted by atomic mass is 19.3. The Morgan fingerprint density at radius 3 is 2.59 bits per heavy atom. The fraction of sp³-hybridized carbons (Fsp3) is 0.667. The normalized spacial score (nSPS) is 22.3. The van der Waals surface area contributed by atoms with Crippen molar-refractivity contribution >= 4 is 18.1 Å². The molecule has 2 heterocycles. The number of rotatable bonds is 7. The van der Waals surface area contributed by atoms with Crippen LogP contribution in [0, 0.1) is 0 Å². The van der Waals surface area contributed by atoms with E-state index in [4.69, 9.17) is 23.7 Å². The highest BCUT2D eigenvalue weighted by molar-refractivity contribution is 5.83. The minimum Gasteiger partial charge on any atom is -0.447 e. The number of aliphatic hydroxyl groups is 1. The summed E-state index contributed by atoms with van der Waals surface area (Å²) in [5, 5.41) is 11.6. The third-order valence-electron chi connectivity index (χ3n) is 3.98. The van der Waals surface area contributed by atoms with E-state index in [9.17, 15) is 28.3 Å². The number of amides is 1. The van der Waals surface area contributed by atoms with E-state index in [0.29, 0.717) is 4.57 Å². The van der Waals surface area contributed by atoms with E-state index >= 15 is 0 Å². The molecule has 1 aliphatic rings. The molecule has 12 nitrogen and oxygen atoms in total. The number of carbonyl (C=O) groups excluding carboxylic acids is 2. The van der Waals surface area contributed by atoms with E-state index < -0.39 is 54.5 Å². The molecule has 0 aliphatic carbocycles. The van der Waals surface area contributed by atoms with Gasteiger partial charge in [-0.25, -0.2) is 14.4 Å². The van der Waals surface area contributed by atoms with Crippen LogP contribution in [-0.4, -0.2) is 77.6 Å². The van der Waals surface area contributed by atoms with Gasteiger partial charge in [0, 0.05) is 13.3 Å². The zero-order valence-electron chi connectivity index (χ0n) is 17.9. The Morgan fingerprint density at radius 1 is 1.34 bits per heavy atom. The lowest BCUT2D eigenvalue weighted by atomic mass is 10.1. The summed E-state index contributed by atoms with van der Waals surface area (Å²) in [7, 11) is 1.41. The number of nitrogens with one attached hydrogen (secondary N) is 1. The smallest absolute Gasteiger partial charge is 0.447 e. The molecule has 2 rings (SSSR count). The number of halogens is 2. The maximum absolute atomic E-state index is 15.0. The molecule has 32 heavy (non-hydrogen) atoms. The van der Waals surface area contributed by atoms with Gasteiger partial charge in [-0.15, -0.1) is 0 Å². The summed E-state index contributed by atoms with van der Waals surface area (Å²) >= 11 is 0. The number of nitrogens with zero attached hydrogens (tertiary/aromatic N) is 2. The summed E-state index contributed by atoms with van der Waals surface area (Å²) in [5.74, 6) is -4.18. The lowest BCUT2D eigenvalue weighted by Crippen LogP contribution is -2.45. The fourth-order valence-electron chi connectivity index (χ4n) is 2.66. The molecule has 1 aromatic heterocycles. The van der Waals surface area contributed by atoms with Gasteiger partial charge in [0.15, 0.2) is 0 Å². The first-order valence-electron chi connectivity index (χ1n) is 9.44. The van der Waals surface area contributed by atoms with Gasteiger partial charge in [0.05, 0.1) is 13.2 Å². The van der Waals surface area contributed by atoms with Crippen molar-refractivity contribution in [3.05, 3.63) is 22.7 Å². The molecular formula is C18H25F2N3O9. The Kier molecular flexibility index (Phi) is 8.09. The summed E-state index contributed by atoms with van der Waals surface area (Å²) in [5.41, 5.74) is -2.20. The third kappa shape index (κ3) is 6.34. The van der Waals surface area contributed by atoms with Crippen LogP contribution in [-0.2, 0) is 23.7 Å². The molecule has 0 saturated carbocycles. The molecule has 14 heteroatoms. The van der Waals surface area contributed by atoms with Crippen molar-refractivity contribution in [1.29, 1.82) is 0 Å². The van der Waals surface area contributed by atoms with E-state index in [0.717, 1.165) is 12.3 Å². The number of aliphatic hydroxyl groups excluding tert-OH is 1. The first-order valence-corrected chi connectivity index (χ1v) is 9.44. The van der Waals surface area contributed by atoms with Crippen LogP contribution < -0.4 is 11.0 Å². The van der Waals surface area contributed by atoms with Crippen LogP contribution in [0.25, 0.3) is 0 Å². The monoisotopic (exact) mass is 465 g/mol. The SMILES string of the molecule is COCCOC(=O)Nc1ccn([C@@H]2O[C@H](CO)[C@@H](OC(=O)OC(C)(C)C)C2(F)F)c(=O)n1. The Morgan fingerprint density at radius 2 is 2.03 bits per heavy atom. The van der Waals surface area contributed by atoms with Crippen molar-refractivity contribution in [3.63, 3.8) is 0 Å². The van der Waals surface area contributed by atoms with Gasteiger partial charge < -0.3 is 28.8 Å². The zero-order valence-corrected chi connectivity index (χ0v) is 17.9. The highest BCUT2D eigenvalue weighted by Gasteiger charge is 2.62. The molecule has 2 N–H and O–H groups in total. The number of hydrogen-bond acceptors (Lipinski definition) is 10. The lowest BCUT2D eigenvalue weighted by molar-refractivity contribution is -0.149. The van der Waals surface area contributed by atoms with Crippen LogP contribution in [0.5, 0.6) is 0 Å². The average Bonchev–Trinajstić information content (AvgIpc) is 2.91. The van der Waals surface area contributed by atoms with Crippen molar-refractivity contribution in [2.45, 2.75) is 50.7 Å². The van der Waals surface area contributed by atoms with Crippen LogP contribution in [0.2, 0.25) is 0 Å². The third-order valence-corrected chi connectivity index (χ3v) is 3.98. The lowest BCUT2D eigenvalue weighted by Gasteiger charge is -2.25. The van der Waals surface area contributed by atoms with Gasteiger partial charge in [-0.2, -0.15) is 13.8 Å². The van der Waals surface area contributed by atoms with Gasteiger partial charge in [-0.1, -0.05) is 0 Å². The summed E-state index contributed by atoms with van der Waals surface area (Å²) in [6, 6.07) is 1.06. The van der Waals surface area contributed by atoms with Crippen molar-refractivity contribution < 1.29 is 47.2 Å². The molecule has 0 aromatic carbocycles. The molecule has 1 aliphatic heterocycles. The second kappa shape index (κ2) is 10.2. The van der Waals surface area contributed by atoms with Gasteiger partial charge in [-0.3, -0.25) is 9.88 Å². The van der Waals surface area contributed by atoms with Crippen molar-refractivity contribution in [2.75, 3.05) is 32.2 Å². The Labute approximate surface area is 181 Å². The standard InChI is InChI=1S/C18H25F2N3O9/c1-17(2,3)32-16(27)31-12-10(9-24)30-13(18(12,19)20)23-6-5-11(21-14(23)25)22-15(26)29-8-7-28-4/h5-6,10,12-13,24H,7-9H2,1-4H3,(H,21,22,25,26)/t10-,12-,13-/m1/s1. The number of methoxy groups -OCH3 is 1. The largest absolute Gasteiger partial charge is 0.509 e. The summed E-state index contributed by atoms with van der Waals surface area (Å²) in [6.45, 7) is 3.71. The second-order valence-electron chi connectivity index (χ2n) is 7.64. The van der Waals surface area contributed by atoms with Gasteiger partial charge in [0.25, 0.3) is 0 Å². The number of alkyl halides is 2. The van der Waals surface area contributed by atoms with E-state index in [1.54, 1.807) is 0 Å². The first kappa shape index (κ1) is 25.4. The predicted molar refractivity (Wildman–Crippen MR) is 102 cm³/mol. The molecule has 0 unspecified atom stereocenters. The summed E-state index contributed by atoms with van der Waals surface area (Å²) < 4.78 is 54.6. The Hall–Kier alpha value is -2.84. The molecule has 0 bridgehead atoms. The topological polar surface area (TPSA) is 147 Å². The molecule has 3 atom stereocenters. The van der Waals surface area contributed by atoms with Crippen LogP contribution in [0.15, 0.2) is 17.1 Å². The number of ether oxygens (including phenoxy) is 5. The molecule has 0 spiro atoms. The number of anilines is 1. The number of aromatic nitrogens is 2. The maximum Gasteiger partial charge on any atom is 0.509 e. The number of carbonyl (C=O) groups is 2. The molecule has 0 radical (unpaired) electrons. The van der Waals surface area contributed by atoms with Crippen LogP contribution in [0.1, 0.15) is 27.0 Å². The Bertz CT molecular complexity index is 872. The molecule has 1 fully saturated rings. The van der Waals surface area contributed by atoms with Gasteiger partial charge in [-0.05, 0) is 26.8 Å². The van der Waals surface area contributed by atoms with E-state index in [1.807, 2.05) is 0 Å². The fourth-order valence-corrected chi connectivity index (χ4v) is 2.66. The van der Waals surface area contributed by atoms with Crippen molar-refractivity contribution in [2.24, 2.45) is 0 Å². The first-order chi connectivity index (χ1) is 14.9. The molecular weight excluding hydrogens is 440 g/mol. The minimum absolute atomic E-state index is 0.0525. The highest BCUT2D eigenvalue weighted by Crippen LogP contribution is 2.44. The van der Waals surface area contributed by atoms with E-state index in [2.05, 4.69) is 10.3 Å². The predicted octanol–water partition coefficient (Wildman–Crippen LogP) is 1.28. The van der Waals surface area contributed by atoms with Gasteiger partial charge in [0.1, 0.15) is 24.1 Å². The van der Waals surface area contributed by atoms with E-state index in [1.165, 1.54) is 27.9 Å². The van der Waals surface area contributed by atoms with Gasteiger partial charge in [0.2, 0.25) is 12.3 Å². The Balaban J connectivity index is 2.17. The second-order valence-corrected chi connectivity index (χ2v) is 7.64. The van der Waals surface area contributed by atoms with Crippen molar-refractivity contribution in [1.82, 2.24) is 9.55 Å². The van der Waals surface area contributed by atoms with E-state index in [-0.39, 0.29) is 19.0 Å². The number of hydrogen-bond donors (Lipinski definition) is 2. The average molecular weight is 465 g/mol. The minimum atomic E-state index is -3.93. The molecule has 1 amide bonds. The molecule has 180 valence electrons. The van der Waals surface area contributed by atoms with Crippen molar-refractivity contribution in [3.8, 4) is 0 Å².